The topological polar surface area (TPSA) is 19.0 Å². The van der Waals surface area contributed by atoms with Gasteiger partial charge in [-0.05, 0) is 49.7 Å². The Balaban J connectivity index is 1.65. The van der Waals surface area contributed by atoms with Crippen LogP contribution < -0.4 is 0 Å². The molecule has 24 heavy (non-hydrogen) atoms. The van der Waals surface area contributed by atoms with Gasteiger partial charge in [0.05, 0.1) is 5.03 Å². The third-order valence-electron chi connectivity index (χ3n) is 4.64. The van der Waals surface area contributed by atoms with E-state index in [2.05, 4.69) is 52.3 Å². The van der Waals surface area contributed by atoms with Crippen molar-refractivity contribution in [3.05, 3.63) is 53.6 Å². The highest BCUT2D eigenvalue weighted by molar-refractivity contribution is 7.99. The molecule has 124 valence electrons. The van der Waals surface area contributed by atoms with E-state index in [4.69, 9.17) is 11.6 Å². The molecule has 1 saturated heterocycles. The molecule has 1 fully saturated rings. The first-order valence-corrected chi connectivity index (χ1v) is 9.89. The Morgan fingerprint density at radius 1 is 1.04 bits per heavy atom. The van der Waals surface area contributed by atoms with E-state index in [0.29, 0.717) is 0 Å². The Labute approximate surface area is 152 Å². The van der Waals surface area contributed by atoms with Gasteiger partial charge in [-0.25, -0.2) is 0 Å². The van der Waals surface area contributed by atoms with Crippen LogP contribution in [0, 0.1) is 0 Å². The minimum absolute atomic E-state index is 0.785. The molecule has 0 radical (unpaired) electrons. The minimum Gasteiger partial charge on any atom is -0.349 e. The Kier molecular flexibility index (Phi) is 4.83. The van der Waals surface area contributed by atoms with Crippen LogP contribution in [-0.2, 0) is 0 Å². The molecule has 0 amide bonds. The third-order valence-corrected chi connectivity index (χ3v) is 5.86. The number of rotatable bonds is 5. The van der Waals surface area contributed by atoms with Crippen molar-refractivity contribution in [3.8, 4) is 11.1 Å². The van der Waals surface area contributed by atoms with Gasteiger partial charge in [0.2, 0.25) is 0 Å². The zero-order valence-electron chi connectivity index (χ0n) is 13.6. The first kappa shape index (κ1) is 16.1. The number of hydrogen-bond acceptors (Lipinski definition) is 2. The fourth-order valence-corrected chi connectivity index (χ4v) is 4.70. The average Bonchev–Trinajstić information content (AvgIpc) is 3.23. The van der Waals surface area contributed by atoms with Crippen LogP contribution >= 0.6 is 23.4 Å². The maximum atomic E-state index is 6.25. The van der Waals surface area contributed by atoms with Crippen molar-refractivity contribution in [3.63, 3.8) is 0 Å². The second-order valence-electron chi connectivity index (χ2n) is 6.28. The molecule has 0 spiro atoms. The lowest BCUT2D eigenvalue weighted by atomic mass is 10.1. The number of thioether (sulfide) groups is 1. The van der Waals surface area contributed by atoms with Crippen molar-refractivity contribution in [1.29, 1.82) is 0 Å². The molecule has 2 heterocycles. The normalized spacial score (nSPS) is 15.4. The fourth-order valence-electron chi connectivity index (χ4n) is 3.42. The number of hydrogen-bond donors (Lipinski definition) is 1. The summed E-state index contributed by atoms with van der Waals surface area (Å²) in [6.07, 6.45) is 2.70. The van der Waals surface area contributed by atoms with E-state index < -0.39 is 0 Å². The zero-order chi connectivity index (χ0) is 16.4. The number of halogens is 1. The second-order valence-corrected chi connectivity index (χ2v) is 7.82. The molecule has 4 heteroatoms. The van der Waals surface area contributed by atoms with Crippen molar-refractivity contribution in [2.24, 2.45) is 0 Å². The Morgan fingerprint density at radius 2 is 1.83 bits per heavy atom. The van der Waals surface area contributed by atoms with Gasteiger partial charge in [0.1, 0.15) is 0 Å². The predicted molar refractivity (Wildman–Crippen MR) is 105 cm³/mol. The van der Waals surface area contributed by atoms with Crippen LogP contribution in [0.3, 0.4) is 0 Å². The number of aromatic amines is 1. The van der Waals surface area contributed by atoms with Gasteiger partial charge < -0.3 is 9.88 Å². The molecule has 0 unspecified atom stereocenters. The maximum absolute atomic E-state index is 6.25. The largest absolute Gasteiger partial charge is 0.349 e. The van der Waals surface area contributed by atoms with E-state index >= 15 is 0 Å². The molecular formula is C20H21ClN2S. The lowest BCUT2D eigenvalue weighted by Gasteiger charge is -2.13. The van der Waals surface area contributed by atoms with Crippen molar-refractivity contribution >= 4 is 34.3 Å². The number of nitrogens with zero attached hydrogens (tertiary/aromatic N) is 1. The molecule has 3 aromatic rings. The van der Waals surface area contributed by atoms with Gasteiger partial charge in [0.25, 0.3) is 0 Å². The molecule has 1 N–H and O–H groups in total. The summed E-state index contributed by atoms with van der Waals surface area (Å²) in [7, 11) is 0. The monoisotopic (exact) mass is 356 g/mol. The Hall–Kier alpha value is -1.42. The van der Waals surface area contributed by atoms with Gasteiger partial charge in [-0.3, -0.25) is 0 Å². The highest BCUT2D eigenvalue weighted by atomic mass is 35.5. The van der Waals surface area contributed by atoms with E-state index in [1.165, 1.54) is 47.5 Å². The average molecular weight is 357 g/mol. The summed E-state index contributed by atoms with van der Waals surface area (Å²) in [4.78, 5) is 6.17. The summed E-state index contributed by atoms with van der Waals surface area (Å²) < 4.78 is 0. The summed E-state index contributed by atoms with van der Waals surface area (Å²) in [5.74, 6) is 1.11. The highest BCUT2D eigenvalue weighted by Crippen LogP contribution is 2.38. The third kappa shape index (κ3) is 3.34. The standard InChI is InChI=1S/C20H21ClN2S/c21-16-8-9-18-17(14-16)19(15-6-2-1-3-7-15)20(22-18)24-13-12-23-10-4-5-11-23/h1-3,6-9,14,22H,4-5,10-13H2. The van der Waals surface area contributed by atoms with Crippen molar-refractivity contribution in [1.82, 2.24) is 9.88 Å². The van der Waals surface area contributed by atoms with Gasteiger partial charge >= 0.3 is 0 Å². The van der Waals surface area contributed by atoms with Crippen LogP contribution in [0.25, 0.3) is 22.0 Å². The summed E-state index contributed by atoms with van der Waals surface area (Å²) in [6.45, 7) is 3.68. The van der Waals surface area contributed by atoms with Gasteiger partial charge in [0, 0.05) is 33.8 Å². The van der Waals surface area contributed by atoms with E-state index in [-0.39, 0.29) is 0 Å². The molecule has 2 nitrogen and oxygen atoms in total. The predicted octanol–water partition coefficient (Wildman–Crippen LogP) is 5.68. The molecule has 0 atom stereocenters. The highest BCUT2D eigenvalue weighted by Gasteiger charge is 2.16. The van der Waals surface area contributed by atoms with E-state index in [0.717, 1.165) is 22.8 Å². The quantitative estimate of drug-likeness (QED) is 0.593. The van der Waals surface area contributed by atoms with Crippen LogP contribution in [0.4, 0.5) is 0 Å². The Morgan fingerprint density at radius 3 is 2.62 bits per heavy atom. The van der Waals surface area contributed by atoms with E-state index in [1.807, 2.05) is 17.8 Å². The smallest absolute Gasteiger partial charge is 0.0812 e. The molecule has 0 bridgehead atoms. The summed E-state index contributed by atoms with van der Waals surface area (Å²) >= 11 is 8.17. The molecule has 1 aliphatic heterocycles. The van der Waals surface area contributed by atoms with Gasteiger partial charge in [-0.1, -0.05) is 41.9 Å². The number of nitrogens with one attached hydrogen (secondary N) is 1. The number of aromatic nitrogens is 1. The first-order chi connectivity index (χ1) is 11.8. The molecule has 2 aromatic carbocycles. The van der Waals surface area contributed by atoms with E-state index in [1.54, 1.807) is 0 Å². The van der Waals surface area contributed by atoms with Crippen LogP contribution in [0.15, 0.2) is 53.6 Å². The van der Waals surface area contributed by atoms with Crippen molar-refractivity contribution in [2.45, 2.75) is 17.9 Å². The van der Waals surface area contributed by atoms with Crippen LogP contribution in [0.2, 0.25) is 5.02 Å². The van der Waals surface area contributed by atoms with Crippen LogP contribution in [0.1, 0.15) is 12.8 Å². The number of fused-ring (bicyclic) bond motifs is 1. The molecule has 4 rings (SSSR count). The summed E-state index contributed by atoms with van der Waals surface area (Å²) in [5, 5.41) is 3.24. The molecule has 1 aliphatic rings. The lowest BCUT2D eigenvalue weighted by molar-refractivity contribution is 0.362. The molecule has 1 aromatic heterocycles. The summed E-state index contributed by atoms with van der Waals surface area (Å²) in [5.41, 5.74) is 3.68. The number of H-pyrrole nitrogens is 1. The number of benzene rings is 2. The molecule has 0 saturated carbocycles. The van der Waals surface area contributed by atoms with E-state index in [9.17, 15) is 0 Å². The lowest BCUT2D eigenvalue weighted by Crippen LogP contribution is -2.21. The van der Waals surface area contributed by atoms with Gasteiger partial charge in [-0.2, -0.15) is 0 Å². The van der Waals surface area contributed by atoms with Crippen LogP contribution in [0.5, 0.6) is 0 Å². The van der Waals surface area contributed by atoms with Crippen molar-refractivity contribution < 1.29 is 0 Å². The first-order valence-electron chi connectivity index (χ1n) is 8.53. The van der Waals surface area contributed by atoms with Crippen molar-refractivity contribution in [2.75, 3.05) is 25.4 Å². The van der Waals surface area contributed by atoms with Gasteiger partial charge in [0.15, 0.2) is 0 Å². The minimum atomic E-state index is 0.785. The second kappa shape index (κ2) is 7.22. The SMILES string of the molecule is Clc1ccc2[nH]c(SCCN3CCCC3)c(-c3ccccc3)c2c1. The number of likely N-dealkylation sites (tertiary alicyclic amines) is 1. The van der Waals surface area contributed by atoms with Crippen LogP contribution in [-0.4, -0.2) is 35.3 Å². The van der Waals surface area contributed by atoms with Gasteiger partial charge in [-0.15, -0.1) is 11.8 Å². The fraction of sp³-hybridized carbons (Fsp3) is 0.300. The molecule has 0 aliphatic carbocycles. The maximum Gasteiger partial charge on any atom is 0.0812 e. The summed E-state index contributed by atoms with van der Waals surface area (Å²) in [6, 6.07) is 16.7. The Bertz CT molecular complexity index is 822. The molecular weight excluding hydrogens is 336 g/mol. The zero-order valence-corrected chi connectivity index (χ0v) is 15.2.